The molecule has 0 N–H and O–H groups in total. The van der Waals surface area contributed by atoms with Crippen molar-refractivity contribution in [2.24, 2.45) is 5.92 Å². The Hall–Kier alpha value is -0.830. The highest BCUT2D eigenvalue weighted by molar-refractivity contribution is 5.78. The van der Waals surface area contributed by atoms with E-state index in [1.807, 2.05) is 11.0 Å². The van der Waals surface area contributed by atoms with Gasteiger partial charge in [-0.25, -0.2) is 0 Å². The van der Waals surface area contributed by atoms with Gasteiger partial charge in [0.25, 0.3) is 0 Å². The molecule has 1 saturated heterocycles. The molecule has 0 bridgehead atoms. The Labute approximate surface area is 105 Å². The van der Waals surface area contributed by atoms with Crippen molar-refractivity contribution in [3.63, 3.8) is 0 Å². The predicted molar refractivity (Wildman–Crippen MR) is 71.9 cm³/mol. The molecule has 0 saturated carbocycles. The molecule has 1 rings (SSSR count). The lowest BCUT2D eigenvalue weighted by Gasteiger charge is -2.32. The maximum atomic E-state index is 11.8. The summed E-state index contributed by atoms with van der Waals surface area (Å²) >= 11 is 0. The molecule has 0 aliphatic carbocycles. The molecule has 3 nitrogen and oxygen atoms in total. The van der Waals surface area contributed by atoms with Crippen LogP contribution in [0.2, 0.25) is 0 Å². The SMILES string of the molecule is C=CC1CC(=O)N(CCN(C(C)C)C(C)C)C1. The van der Waals surface area contributed by atoms with E-state index in [2.05, 4.69) is 39.2 Å². The van der Waals surface area contributed by atoms with Crippen molar-refractivity contribution in [3.8, 4) is 0 Å². The van der Waals surface area contributed by atoms with Crippen LogP contribution in [-0.2, 0) is 4.79 Å². The van der Waals surface area contributed by atoms with Crippen LogP contribution in [0.1, 0.15) is 34.1 Å². The van der Waals surface area contributed by atoms with Crippen molar-refractivity contribution in [2.45, 2.75) is 46.2 Å². The molecule has 1 fully saturated rings. The first-order valence-corrected chi connectivity index (χ1v) is 6.61. The van der Waals surface area contributed by atoms with Gasteiger partial charge in [-0.05, 0) is 27.7 Å². The maximum Gasteiger partial charge on any atom is 0.223 e. The van der Waals surface area contributed by atoms with Crippen LogP contribution in [-0.4, -0.2) is 47.4 Å². The smallest absolute Gasteiger partial charge is 0.223 e. The summed E-state index contributed by atoms with van der Waals surface area (Å²) in [6, 6.07) is 1.06. The number of likely N-dealkylation sites (tertiary alicyclic amines) is 1. The monoisotopic (exact) mass is 238 g/mol. The number of amides is 1. The van der Waals surface area contributed by atoms with Crippen molar-refractivity contribution < 1.29 is 4.79 Å². The molecule has 1 aliphatic rings. The summed E-state index contributed by atoms with van der Waals surface area (Å²) in [6.45, 7) is 15.3. The fourth-order valence-electron chi connectivity index (χ4n) is 2.53. The summed E-state index contributed by atoms with van der Waals surface area (Å²) in [7, 11) is 0. The van der Waals surface area contributed by atoms with Crippen LogP contribution in [0.3, 0.4) is 0 Å². The predicted octanol–water partition coefficient (Wildman–Crippen LogP) is 2.14. The van der Waals surface area contributed by atoms with Crippen molar-refractivity contribution in [1.82, 2.24) is 9.80 Å². The van der Waals surface area contributed by atoms with E-state index < -0.39 is 0 Å². The average Bonchev–Trinajstić information content (AvgIpc) is 2.59. The second-order valence-electron chi connectivity index (χ2n) is 5.46. The van der Waals surface area contributed by atoms with Crippen molar-refractivity contribution in [1.29, 1.82) is 0 Å². The minimum absolute atomic E-state index is 0.280. The van der Waals surface area contributed by atoms with Gasteiger partial charge in [0.2, 0.25) is 5.91 Å². The Kier molecular flexibility index (Phi) is 5.19. The quantitative estimate of drug-likeness (QED) is 0.662. The minimum Gasteiger partial charge on any atom is -0.341 e. The first kappa shape index (κ1) is 14.2. The fraction of sp³-hybridized carbons (Fsp3) is 0.786. The Morgan fingerprint density at radius 3 is 2.41 bits per heavy atom. The number of carbonyl (C=O) groups excluding carboxylic acids is 1. The van der Waals surface area contributed by atoms with E-state index in [1.165, 1.54) is 0 Å². The summed E-state index contributed by atoms with van der Waals surface area (Å²) in [5, 5.41) is 0. The third-order valence-electron chi connectivity index (χ3n) is 3.53. The van der Waals surface area contributed by atoms with Crippen LogP contribution < -0.4 is 0 Å². The van der Waals surface area contributed by atoms with Crippen LogP contribution in [0.5, 0.6) is 0 Å². The summed E-state index contributed by atoms with van der Waals surface area (Å²) in [5.74, 6) is 0.636. The lowest BCUT2D eigenvalue weighted by atomic mass is 10.1. The van der Waals surface area contributed by atoms with E-state index >= 15 is 0 Å². The molecule has 17 heavy (non-hydrogen) atoms. The largest absolute Gasteiger partial charge is 0.341 e. The topological polar surface area (TPSA) is 23.6 Å². The van der Waals surface area contributed by atoms with E-state index in [-0.39, 0.29) is 5.91 Å². The van der Waals surface area contributed by atoms with Crippen LogP contribution >= 0.6 is 0 Å². The van der Waals surface area contributed by atoms with Gasteiger partial charge in [-0.2, -0.15) is 0 Å². The molecule has 0 aromatic carbocycles. The molecule has 98 valence electrons. The molecular weight excluding hydrogens is 212 g/mol. The van der Waals surface area contributed by atoms with Gasteiger partial charge in [0, 0.05) is 44.1 Å². The van der Waals surface area contributed by atoms with Crippen molar-refractivity contribution in [2.75, 3.05) is 19.6 Å². The van der Waals surface area contributed by atoms with Gasteiger partial charge in [0.1, 0.15) is 0 Å². The number of carbonyl (C=O) groups is 1. The van der Waals surface area contributed by atoms with Gasteiger partial charge >= 0.3 is 0 Å². The summed E-state index contributed by atoms with van der Waals surface area (Å²) in [5.41, 5.74) is 0. The lowest BCUT2D eigenvalue weighted by Crippen LogP contribution is -2.43. The molecule has 0 aromatic rings. The number of hydrogen-bond donors (Lipinski definition) is 0. The second kappa shape index (κ2) is 6.20. The standard InChI is InChI=1S/C14H26N2O/c1-6-13-9-14(17)15(10-13)7-8-16(11(2)3)12(4)5/h6,11-13H,1,7-10H2,2-5H3. The molecule has 1 aliphatic heterocycles. The van der Waals surface area contributed by atoms with Gasteiger partial charge in [0.15, 0.2) is 0 Å². The number of rotatable bonds is 6. The van der Waals surface area contributed by atoms with Crippen LogP contribution in [0, 0.1) is 5.92 Å². The van der Waals surface area contributed by atoms with Gasteiger partial charge in [-0.1, -0.05) is 6.08 Å². The minimum atomic E-state index is 0.280. The van der Waals surface area contributed by atoms with Crippen LogP contribution in [0.15, 0.2) is 12.7 Å². The average molecular weight is 238 g/mol. The molecule has 0 radical (unpaired) electrons. The third-order valence-corrected chi connectivity index (χ3v) is 3.53. The van der Waals surface area contributed by atoms with Gasteiger partial charge in [0.05, 0.1) is 0 Å². The lowest BCUT2D eigenvalue weighted by molar-refractivity contribution is -0.128. The first-order valence-electron chi connectivity index (χ1n) is 6.61. The molecule has 1 heterocycles. The molecule has 1 unspecified atom stereocenters. The van der Waals surface area contributed by atoms with E-state index in [1.54, 1.807) is 0 Å². The van der Waals surface area contributed by atoms with Gasteiger partial charge in [-0.3, -0.25) is 9.69 Å². The molecule has 3 heteroatoms. The van der Waals surface area contributed by atoms with Crippen molar-refractivity contribution >= 4 is 5.91 Å². The zero-order valence-corrected chi connectivity index (χ0v) is 11.6. The molecule has 1 atom stereocenters. The molecule has 0 aromatic heterocycles. The van der Waals surface area contributed by atoms with Gasteiger partial charge < -0.3 is 4.90 Å². The van der Waals surface area contributed by atoms with E-state index in [9.17, 15) is 4.79 Å². The van der Waals surface area contributed by atoms with E-state index in [0.717, 1.165) is 19.6 Å². The molecular formula is C14H26N2O. The van der Waals surface area contributed by atoms with E-state index in [0.29, 0.717) is 24.4 Å². The Morgan fingerprint density at radius 1 is 1.41 bits per heavy atom. The number of nitrogens with zero attached hydrogens (tertiary/aromatic N) is 2. The maximum absolute atomic E-state index is 11.8. The second-order valence-corrected chi connectivity index (χ2v) is 5.46. The first-order chi connectivity index (χ1) is 7.95. The number of hydrogen-bond acceptors (Lipinski definition) is 2. The molecule has 1 amide bonds. The van der Waals surface area contributed by atoms with Crippen molar-refractivity contribution in [3.05, 3.63) is 12.7 Å². The van der Waals surface area contributed by atoms with Crippen LogP contribution in [0.4, 0.5) is 0 Å². The Morgan fingerprint density at radius 2 is 2.00 bits per heavy atom. The highest BCUT2D eigenvalue weighted by atomic mass is 16.2. The third kappa shape index (κ3) is 3.84. The summed E-state index contributed by atoms with van der Waals surface area (Å²) in [6.07, 6.45) is 2.55. The van der Waals surface area contributed by atoms with Gasteiger partial charge in [-0.15, -0.1) is 6.58 Å². The fourth-order valence-corrected chi connectivity index (χ4v) is 2.53. The Balaban J connectivity index is 2.44. The normalized spacial score (nSPS) is 21.0. The summed E-state index contributed by atoms with van der Waals surface area (Å²) < 4.78 is 0. The van der Waals surface area contributed by atoms with Crippen LogP contribution in [0.25, 0.3) is 0 Å². The highest BCUT2D eigenvalue weighted by Gasteiger charge is 2.27. The highest BCUT2D eigenvalue weighted by Crippen LogP contribution is 2.18. The molecule has 0 spiro atoms. The van der Waals surface area contributed by atoms with E-state index in [4.69, 9.17) is 0 Å². The zero-order chi connectivity index (χ0) is 13.0. The zero-order valence-electron chi connectivity index (χ0n) is 11.6. The Bertz CT molecular complexity index is 265. The summed E-state index contributed by atoms with van der Waals surface area (Å²) in [4.78, 5) is 16.2.